The number of hydrogen-bond acceptors (Lipinski definition) is 4. The Morgan fingerprint density at radius 1 is 1.15 bits per heavy atom. The van der Waals surface area contributed by atoms with Crippen LogP contribution in [0.15, 0.2) is 18.2 Å². The number of carbonyl (C=O) groups excluding carboxylic acids is 2. The number of nitrogens with zero attached hydrogens (tertiary/aromatic N) is 2. The van der Waals surface area contributed by atoms with E-state index in [0.717, 1.165) is 11.3 Å². The van der Waals surface area contributed by atoms with E-state index < -0.39 is 5.79 Å². The Bertz CT molecular complexity index is 735. The fourth-order valence-electron chi connectivity index (χ4n) is 4.05. The van der Waals surface area contributed by atoms with Crippen LogP contribution in [0.25, 0.3) is 0 Å². The first-order valence-electron chi connectivity index (χ1n) is 9.67. The molecule has 0 bridgehead atoms. The van der Waals surface area contributed by atoms with Crippen LogP contribution in [0, 0.1) is 13.8 Å². The molecule has 0 aromatic heterocycles. The lowest BCUT2D eigenvalue weighted by Crippen LogP contribution is -2.52. The Kier molecular flexibility index (Phi) is 4.82. The largest absolute Gasteiger partial charge is 0.347 e. The summed E-state index contributed by atoms with van der Waals surface area (Å²) in [6.07, 6.45) is 1.72. The third kappa shape index (κ3) is 3.66. The van der Waals surface area contributed by atoms with Gasteiger partial charge in [0.05, 0.1) is 19.3 Å². The highest BCUT2D eigenvalue weighted by atomic mass is 16.7. The number of anilines is 1. The van der Waals surface area contributed by atoms with E-state index in [-0.39, 0.29) is 18.0 Å². The molecule has 3 fully saturated rings. The average Bonchev–Trinajstić information content (AvgIpc) is 3.25. The number of likely N-dealkylation sites (tertiary alicyclic amines) is 1. The average molecular weight is 373 g/mol. The molecule has 3 amide bonds. The molecule has 3 aliphatic heterocycles. The van der Waals surface area contributed by atoms with Crippen molar-refractivity contribution in [3.05, 3.63) is 29.3 Å². The van der Waals surface area contributed by atoms with E-state index in [1.165, 1.54) is 5.56 Å². The predicted octanol–water partition coefficient (Wildman–Crippen LogP) is 1.96. The van der Waals surface area contributed by atoms with Gasteiger partial charge in [0.25, 0.3) is 0 Å². The number of nitrogens with one attached hydrogen (secondary N) is 1. The monoisotopic (exact) mass is 373 g/mol. The SMILES string of the molecule is Cc1ccc(N2C[C@@H](NC(=O)N3CCC4(CC3)OCCO4)CC2=O)cc1C. The molecule has 3 saturated heterocycles. The predicted molar refractivity (Wildman–Crippen MR) is 101 cm³/mol. The van der Waals surface area contributed by atoms with E-state index in [0.29, 0.717) is 52.1 Å². The first-order chi connectivity index (χ1) is 13.0. The summed E-state index contributed by atoms with van der Waals surface area (Å²) in [7, 11) is 0. The van der Waals surface area contributed by atoms with Crippen LogP contribution in [0.2, 0.25) is 0 Å². The third-order valence-electron chi connectivity index (χ3n) is 5.88. The number of ether oxygens (including phenoxy) is 2. The van der Waals surface area contributed by atoms with Crippen LogP contribution in [0.1, 0.15) is 30.4 Å². The summed E-state index contributed by atoms with van der Waals surface area (Å²) >= 11 is 0. The summed E-state index contributed by atoms with van der Waals surface area (Å²) in [5, 5.41) is 3.03. The Balaban J connectivity index is 1.33. The lowest BCUT2D eigenvalue weighted by molar-refractivity contribution is -0.181. The molecular formula is C20H27N3O4. The van der Waals surface area contributed by atoms with Gasteiger partial charge in [0.15, 0.2) is 5.79 Å². The molecule has 27 heavy (non-hydrogen) atoms. The van der Waals surface area contributed by atoms with Crippen molar-refractivity contribution in [2.75, 3.05) is 37.7 Å². The van der Waals surface area contributed by atoms with Gasteiger partial charge < -0.3 is 24.6 Å². The molecule has 7 nitrogen and oxygen atoms in total. The molecular weight excluding hydrogens is 346 g/mol. The molecule has 1 atom stereocenters. The second-order valence-corrected chi connectivity index (χ2v) is 7.72. The van der Waals surface area contributed by atoms with Crippen molar-refractivity contribution in [2.45, 2.75) is 44.9 Å². The molecule has 146 valence electrons. The zero-order chi connectivity index (χ0) is 19.0. The Morgan fingerprint density at radius 2 is 1.85 bits per heavy atom. The molecule has 0 saturated carbocycles. The maximum absolute atomic E-state index is 12.6. The molecule has 1 N–H and O–H groups in total. The summed E-state index contributed by atoms with van der Waals surface area (Å²) in [4.78, 5) is 28.6. The van der Waals surface area contributed by atoms with Crippen molar-refractivity contribution >= 4 is 17.6 Å². The van der Waals surface area contributed by atoms with Crippen molar-refractivity contribution < 1.29 is 19.1 Å². The van der Waals surface area contributed by atoms with Crippen molar-refractivity contribution in [3.63, 3.8) is 0 Å². The Labute approximate surface area is 159 Å². The van der Waals surface area contributed by atoms with Gasteiger partial charge in [-0.05, 0) is 37.1 Å². The van der Waals surface area contributed by atoms with Gasteiger partial charge in [0.1, 0.15) is 0 Å². The van der Waals surface area contributed by atoms with Crippen LogP contribution in [0.3, 0.4) is 0 Å². The zero-order valence-corrected chi connectivity index (χ0v) is 16.0. The number of aryl methyl sites for hydroxylation is 2. The van der Waals surface area contributed by atoms with Gasteiger partial charge in [-0.2, -0.15) is 0 Å². The van der Waals surface area contributed by atoms with Crippen LogP contribution in [-0.4, -0.2) is 61.5 Å². The second-order valence-electron chi connectivity index (χ2n) is 7.72. The second kappa shape index (κ2) is 7.13. The van der Waals surface area contributed by atoms with Gasteiger partial charge in [0, 0.05) is 44.6 Å². The van der Waals surface area contributed by atoms with Crippen molar-refractivity contribution in [2.24, 2.45) is 0 Å². The minimum atomic E-state index is -0.486. The zero-order valence-electron chi connectivity index (χ0n) is 16.0. The first kappa shape index (κ1) is 18.3. The molecule has 0 unspecified atom stereocenters. The van der Waals surface area contributed by atoms with E-state index in [9.17, 15) is 9.59 Å². The van der Waals surface area contributed by atoms with E-state index >= 15 is 0 Å². The quantitative estimate of drug-likeness (QED) is 0.860. The van der Waals surface area contributed by atoms with Crippen LogP contribution in [-0.2, 0) is 14.3 Å². The molecule has 0 radical (unpaired) electrons. The number of hydrogen-bond donors (Lipinski definition) is 1. The van der Waals surface area contributed by atoms with Gasteiger partial charge in [-0.1, -0.05) is 6.07 Å². The number of rotatable bonds is 2. The van der Waals surface area contributed by atoms with Gasteiger partial charge in [-0.15, -0.1) is 0 Å². The summed E-state index contributed by atoms with van der Waals surface area (Å²) in [6, 6.07) is 5.75. The van der Waals surface area contributed by atoms with Gasteiger partial charge in [0.2, 0.25) is 5.91 Å². The van der Waals surface area contributed by atoms with E-state index in [4.69, 9.17) is 9.47 Å². The lowest BCUT2D eigenvalue weighted by atomic mass is 10.0. The van der Waals surface area contributed by atoms with Crippen LogP contribution in [0.5, 0.6) is 0 Å². The Morgan fingerprint density at radius 3 is 2.52 bits per heavy atom. The Hall–Kier alpha value is -2.12. The van der Waals surface area contributed by atoms with E-state index in [1.54, 1.807) is 9.80 Å². The van der Waals surface area contributed by atoms with Crippen LogP contribution < -0.4 is 10.2 Å². The summed E-state index contributed by atoms with van der Waals surface area (Å²) in [5.74, 6) is -0.436. The van der Waals surface area contributed by atoms with Crippen LogP contribution in [0.4, 0.5) is 10.5 Å². The molecule has 1 spiro atoms. The minimum absolute atomic E-state index is 0.0499. The minimum Gasteiger partial charge on any atom is -0.347 e. The molecule has 0 aliphatic carbocycles. The summed E-state index contributed by atoms with van der Waals surface area (Å²) < 4.78 is 11.4. The number of urea groups is 1. The highest BCUT2D eigenvalue weighted by molar-refractivity contribution is 5.97. The fourth-order valence-corrected chi connectivity index (χ4v) is 4.05. The lowest BCUT2D eigenvalue weighted by Gasteiger charge is -2.37. The van der Waals surface area contributed by atoms with Gasteiger partial charge in [-0.25, -0.2) is 4.79 Å². The van der Waals surface area contributed by atoms with Crippen molar-refractivity contribution in [1.82, 2.24) is 10.2 Å². The summed E-state index contributed by atoms with van der Waals surface area (Å²) in [5.41, 5.74) is 3.26. The molecule has 4 rings (SSSR count). The van der Waals surface area contributed by atoms with Gasteiger partial charge in [-0.3, -0.25) is 4.79 Å². The molecule has 7 heteroatoms. The number of amides is 3. The highest BCUT2D eigenvalue weighted by Crippen LogP contribution is 2.31. The van der Waals surface area contributed by atoms with Crippen LogP contribution >= 0.6 is 0 Å². The van der Waals surface area contributed by atoms with Gasteiger partial charge >= 0.3 is 6.03 Å². The normalized spacial score (nSPS) is 24.7. The topological polar surface area (TPSA) is 71.1 Å². The fraction of sp³-hybridized carbons (Fsp3) is 0.600. The first-order valence-corrected chi connectivity index (χ1v) is 9.67. The maximum Gasteiger partial charge on any atom is 0.317 e. The maximum atomic E-state index is 12.6. The van der Waals surface area contributed by atoms with Crippen molar-refractivity contribution in [1.29, 1.82) is 0 Å². The molecule has 1 aromatic rings. The number of benzene rings is 1. The van der Waals surface area contributed by atoms with Crippen molar-refractivity contribution in [3.8, 4) is 0 Å². The highest BCUT2D eigenvalue weighted by Gasteiger charge is 2.41. The third-order valence-corrected chi connectivity index (χ3v) is 5.88. The number of carbonyl (C=O) groups is 2. The molecule has 3 aliphatic rings. The van der Waals surface area contributed by atoms with E-state index in [2.05, 4.69) is 12.2 Å². The number of piperidine rings is 1. The van der Waals surface area contributed by atoms with E-state index in [1.807, 2.05) is 25.1 Å². The smallest absolute Gasteiger partial charge is 0.317 e. The standard InChI is InChI=1S/C20H27N3O4/c1-14-3-4-17(11-15(14)2)23-13-16(12-18(23)24)21-19(25)22-7-5-20(6-8-22)26-9-10-27-20/h3-4,11,16H,5-10,12-13H2,1-2H3,(H,21,25)/t16-/m0/s1. The molecule has 1 aromatic carbocycles. The molecule has 3 heterocycles. The summed E-state index contributed by atoms with van der Waals surface area (Å²) in [6.45, 7) is 7.07.